The van der Waals surface area contributed by atoms with Gasteiger partial charge in [-0.15, -0.1) is 0 Å². The van der Waals surface area contributed by atoms with Crippen LogP contribution in [-0.4, -0.2) is 18.5 Å². The Labute approximate surface area is 101 Å². The van der Waals surface area contributed by atoms with Gasteiger partial charge in [0.15, 0.2) is 0 Å². The molecule has 0 aliphatic rings. The predicted molar refractivity (Wildman–Crippen MR) is 66.4 cm³/mol. The number of rotatable bonds is 6. The van der Waals surface area contributed by atoms with Crippen molar-refractivity contribution in [1.82, 2.24) is 5.32 Å². The number of nitrogens with one attached hydrogen (secondary N) is 1. The van der Waals surface area contributed by atoms with Crippen LogP contribution in [0.3, 0.4) is 0 Å². The number of nitrogens with two attached hydrogens (primary N) is 1. The largest absolute Gasteiger partial charge is 0.370 e. The lowest BCUT2D eigenvalue weighted by atomic mass is 10.1. The molecule has 1 unspecified atom stereocenters. The minimum atomic E-state index is -0.275. The van der Waals surface area contributed by atoms with E-state index in [4.69, 9.17) is 17.3 Å². The van der Waals surface area contributed by atoms with Crippen molar-refractivity contribution in [3.63, 3.8) is 0 Å². The molecule has 1 amide bonds. The SMILES string of the molecule is CC(CC(N)=O)NCCc1cccc(Cl)c1. The molecule has 1 aromatic rings. The zero-order valence-corrected chi connectivity index (χ0v) is 10.1. The molecule has 0 heterocycles. The third-order valence-corrected chi connectivity index (χ3v) is 2.54. The number of hydrogen-bond donors (Lipinski definition) is 2. The van der Waals surface area contributed by atoms with Crippen LogP contribution >= 0.6 is 11.6 Å². The number of carbonyl (C=O) groups is 1. The van der Waals surface area contributed by atoms with Crippen molar-refractivity contribution in [2.75, 3.05) is 6.54 Å². The fraction of sp³-hybridized carbons (Fsp3) is 0.417. The van der Waals surface area contributed by atoms with Crippen LogP contribution in [0, 0.1) is 0 Å². The number of hydrogen-bond acceptors (Lipinski definition) is 2. The summed E-state index contributed by atoms with van der Waals surface area (Å²) in [6, 6.07) is 7.89. The van der Waals surface area contributed by atoms with E-state index < -0.39 is 0 Å². The van der Waals surface area contributed by atoms with Gasteiger partial charge >= 0.3 is 0 Å². The van der Waals surface area contributed by atoms with Gasteiger partial charge in [-0.2, -0.15) is 0 Å². The highest BCUT2D eigenvalue weighted by atomic mass is 35.5. The number of halogens is 1. The van der Waals surface area contributed by atoms with Crippen LogP contribution < -0.4 is 11.1 Å². The van der Waals surface area contributed by atoms with Crippen molar-refractivity contribution in [3.8, 4) is 0 Å². The first-order valence-corrected chi connectivity index (χ1v) is 5.72. The number of primary amides is 1. The molecule has 0 saturated heterocycles. The van der Waals surface area contributed by atoms with Gasteiger partial charge in [0.25, 0.3) is 0 Å². The summed E-state index contributed by atoms with van der Waals surface area (Å²) in [7, 11) is 0. The van der Waals surface area contributed by atoms with Gasteiger partial charge < -0.3 is 11.1 Å². The van der Waals surface area contributed by atoms with Gasteiger partial charge in [0.1, 0.15) is 0 Å². The molecule has 0 spiro atoms. The van der Waals surface area contributed by atoms with Crippen LogP contribution in [0.1, 0.15) is 18.9 Å². The van der Waals surface area contributed by atoms with E-state index in [0.717, 1.165) is 18.0 Å². The molecule has 16 heavy (non-hydrogen) atoms. The fourth-order valence-electron chi connectivity index (χ4n) is 1.53. The molecule has 0 aromatic heterocycles. The van der Waals surface area contributed by atoms with Crippen molar-refractivity contribution in [2.45, 2.75) is 25.8 Å². The van der Waals surface area contributed by atoms with E-state index in [-0.39, 0.29) is 11.9 Å². The third-order valence-electron chi connectivity index (χ3n) is 2.30. The first kappa shape index (κ1) is 13.0. The lowest BCUT2D eigenvalue weighted by Crippen LogP contribution is -2.32. The molecule has 0 aliphatic heterocycles. The van der Waals surface area contributed by atoms with Crippen LogP contribution in [0.2, 0.25) is 5.02 Å². The molecule has 3 N–H and O–H groups in total. The zero-order chi connectivity index (χ0) is 12.0. The molecule has 88 valence electrons. The van der Waals surface area contributed by atoms with Crippen molar-refractivity contribution in [2.24, 2.45) is 5.73 Å². The molecule has 0 bridgehead atoms. The van der Waals surface area contributed by atoms with E-state index in [9.17, 15) is 4.79 Å². The Bertz CT molecular complexity index is 355. The average Bonchev–Trinajstić information content (AvgIpc) is 2.16. The van der Waals surface area contributed by atoms with Crippen molar-refractivity contribution < 1.29 is 4.79 Å². The number of carbonyl (C=O) groups excluding carboxylic acids is 1. The summed E-state index contributed by atoms with van der Waals surface area (Å²) in [5.41, 5.74) is 6.29. The van der Waals surface area contributed by atoms with Gasteiger partial charge in [-0.25, -0.2) is 0 Å². The van der Waals surface area contributed by atoms with Crippen LogP contribution in [0.4, 0.5) is 0 Å². The highest BCUT2D eigenvalue weighted by Gasteiger charge is 2.04. The molecule has 0 radical (unpaired) electrons. The van der Waals surface area contributed by atoms with E-state index in [1.165, 1.54) is 5.56 Å². The van der Waals surface area contributed by atoms with E-state index in [2.05, 4.69) is 5.32 Å². The molecule has 0 fully saturated rings. The van der Waals surface area contributed by atoms with Crippen molar-refractivity contribution in [1.29, 1.82) is 0 Å². The molecule has 0 aliphatic carbocycles. The van der Waals surface area contributed by atoms with Gasteiger partial charge in [0, 0.05) is 17.5 Å². The zero-order valence-electron chi connectivity index (χ0n) is 9.37. The maximum atomic E-state index is 10.7. The summed E-state index contributed by atoms with van der Waals surface area (Å²) < 4.78 is 0. The second kappa shape index (κ2) is 6.51. The lowest BCUT2D eigenvalue weighted by molar-refractivity contribution is -0.118. The predicted octanol–water partition coefficient (Wildman–Crippen LogP) is 1.74. The highest BCUT2D eigenvalue weighted by molar-refractivity contribution is 6.30. The Balaban J connectivity index is 2.27. The van der Waals surface area contributed by atoms with Gasteiger partial charge in [-0.1, -0.05) is 23.7 Å². The Morgan fingerprint density at radius 1 is 1.56 bits per heavy atom. The van der Waals surface area contributed by atoms with Crippen LogP contribution in [0.15, 0.2) is 24.3 Å². The van der Waals surface area contributed by atoms with Crippen molar-refractivity contribution >= 4 is 17.5 Å². The summed E-state index contributed by atoms with van der Waals surface area (Å²) in [4.78, 5) is 10.7. The molecule has 1 aromatic carbocycles. The summed E-state index contributed by atoms with van der Waals surface area (Å²) in [6.07, 6.45) is 1.26. The third kappa shape index (κ3) is 5.14. The Morgan fingerprint density at radius 3 is 2.94 bits per heavy atom. The maximum absolute atomic E-state index is 10.7. The second-order valence-corrected chi connectivity index (χ2v) is 4.34. The minimum Gasteiger partial charge on any atom is -0.370 e. The number of amides is 1. The van der Waals surface area contributed by atoms with Gasteiger partial charge in [0.05, 0.1) is 0 Å². The monoisotopic (exact) mass is 240 g/mol. The van der Waals surface area contributed by atoms with E-state index in [1.807, 2.05) is 31.2 Å². The Kier molecular flexibility index (Phi) is 5.29. The molecular formula is C12H17ClN2O. The quantitative estimate of drug-likeness (QED) is 0.796. The Hall–Kier alpha value is -1.06. The smallest absolute Gasteiger partial charge is 0.218 e. The van der Waals surface area contributed by atoms with Gasteiger partial charge in [-0.05, 0) is 37.6 Å². The normalized spacial score (nSPS) is 12.4. The average molecular weight is 241 g/mol. The molecule has 1 atom stereocenters. The number of benzene rings is 1. The second-order valence-electron chi connectivity index (χ2n) is 3.91. The first-order valence-electron chi connectivity index (χ1n) is 5.34. The van der Waals surface area contributed by atoms with Gasteiger partial charge in [0.2, 0.25) is 5.91 Å². The molecule has 1 rings (SSSR count). The summed E-state index contributed by atoms with van der Waals surface area (Å²) in [5.74, 6) is -0.275. The highest BCUT2D eigenvalue weighted by Crippen LogP contribution is 2.10. The minimum absolute atomic E-state index is 0.122. The van der Waals surface area contributed by atoms with Crippen LogP contribution in [0.25, 0.3) is 0 Å². The first-order chi connectivity index (χ1) is 7.58. The molecule has 0 saturated carbocycles. The fourth-order valence-corrected chi connectivity index (χ4v) is 1.74. The summed E-state index contributed by atoms with van der Waals surface area (Å²) in [5, 5.41) is 3.99. The topological polar surface area (TPSA) is 55.1 Å². The van der Waals surface area contributed by atoms with Crippen LogP contribution in [-0.2, 0) is 11.2 Å². The molecular weight excluding hydrogens is 224 g/mol. The summed E-state index contributed by atoms with van der Waals surface area (Å²) in [6.45, 7) is 2.76. The van der Waals surface area contributed by atoms with Gasteiger partial charge in [-0.3, -0.25) is 4.79 Å². The van der Waals surface area contributed by atoms with E-state index in [1.54, 1.807) is 0 Å². The van der Waals surface area contributed by atoms with E-state index in [0.29, 0.717) is 6.42 Å². The summed E-state index contributed by atoms with van der Waals surface area (Å²) >= 11 is 5.87. The lowest BCUT2D eigenvalue weighted by Gasteiger charge is -2.11. The Morgan fingerprint density at radius 2 is 2.31 bits per heavy atom. The van der Waals surface area contributed by atoms with E-state index >= 15 is 0 Å². The molecule has 3 nitrogen and oxygen atoms in total. The standard InChI is InChI=1S/C12H17ClN2O/c1-9(7-12(14)16)15-6-5-10-3-2-4-11(13)8-10/h2-4,8-9,15H,5-7H2,1H3,(H2,14,16). The maximum Gasteiger partial charge on any atom is 0.218 e. The van der Waals surface area contributed by atoms with Crippen LogP contribution in [0.5, 0.6) is 0 Å². The van der Waals surface area contributed by atoms with Crippen molar-refractivity contribution in [3.05, 3.63) is 34.9 Å². The molecule has 4 heteroatoms.